The molecule has 1 N–H and O–H groups in total. The lowest BCUT2D eigenvalue weighted by atomic mass is 10.1. The fourth-order valence-corrected chi connectivity index (χ4v) is 3.33. The maximum atomic E-state index is 12.5. The number of carbonyl (C=O) groups excluding carboxylic acids is 1. The van der Waals surface area contributed by atoms with Crippen LogP contribution in [0.15, 0.2) is 63.8 Å². The molecule has 2 aromatic carbocycles. The lowest BCUT2D eigenvalue weighted by molar-refractivity contribution is 0.102. The number of benzene rings is 2. The van der Waals surface area contributed by atoms with Gasteiger partial charge in [0.2, 0.25) is 0 Å². The van der Waals surface area contributed by atoms with E-state index in [1.54, 1.807) is 31.4 Å². The lowest BCUT2D eigenvalue weighted by Crippen LogP contribution is -2.22. The van der Waals surface area contributed by atoms with Crippen LogP contribution in [0.5, 0.6) is 0 Å². The molecular weight excluding hydrogens is 344 g/mol. The second-order valence-electron chi connectivity index (χ2n) is 6.58. The Kier molecular flexibility index (Phi) is 4.64. The summed E-state index contributed by atoms with van der Waals surface area (Å²) in [6.45, 7) is 1.81. The molecule has 1 amide bonds. The van der Waals surface area contributed by atoms with E-state index in [-0.39, 0.29) is 11.7 Å². The number of ether oxygens (including phenoxy) is 1. The molecule has 1 saturated heterocycles. The number of para-hydroxylation sites is 1. The Morgan fingerprint density at radius 2 is 1.96 bits per heavy atom. The number of hydrogen-bond acceptors (Lipinski definition) is 5. The Hall–Kier alpha value is -3.12. The fourth-order valence-electron chi connectivity index (χ4n) is 3.33. The van der Waals surface area contributed by atoms with Gasteiger partial charge in [0.15, 0.2) is 0 Å². The number of nitrogens with one attached hydrogen (secondary N) is 1. The number of fused-ring (bicyclic) bond motifs is 1. The lowest BCUT2D eigenvalue weighted by Gasteiger charge is -2.18. The van der Waals surface area contributed by atoms with Gasteiger partial charge < -0.3 is 19.4 Å². The highest BCUT2D eigenvalue weighted by atomic mass is 16.5. The summed E-state index contributed by atoms with van der Waals surface area (Å²) in [7, 11) is 1.73. The Morgan fingerprint density at radius 1 is 1.19 bits per heavy atom. The number of methoxy groups -OCH3 is 1. The summed E-state index contributed by atoms with van der Waals surface area (Å²) >= 11 is 0. The average molecular weight is 364 g/mol. The third-order valence-corrected chi connectivity index (χ3v) is 4.85. The van der Waals surface area contributed by atoms with E-state index in [0.717, 1.165) is 25.2 Å². The number of nitrogens with zero attached hydrogens (tertiary/aromatic N) is 1. The summed E-state index contributed by atoms with van der Waals surface area (Å²) < 4.78 is 10.6. The number of anilines is 2. The second-order valence-corrected chi connectivity index (χ2v) is 6.58. The molecule has 6 heteroatoms. The van der Waals surface area contributed by atoms with Crippen molar-refractivity contribution in [3.05, 3.63) is 70.6 Å². The van der Waals surface area contributed by atoms with Crippen molar-refractivity contribution in [2.75, 3.05) is 30.4 Å². The first-order chi connectivity index (χ1) is 13.1. The van der Waals surface area contributed by atoms with Crippen LogP contribution in [0.2, 0.25) is 0 Å². The zero-order valence-electron chi connectivity index (χ0n) is 15.0. The van der Waals surface area contributed by atoms with Gasteiger partial charge in [-0.2, -0.15) is 0 Å². The maximum absolute atomic E-state index is 12.5. The minimum Gasteiger partial charge on any atom is -0.422 e. The molecule has 27 heavy (non-hydrogen) atoms. The van der Waals surface area contributed by atoms with E-state index < -0.39 is 11.5 Å². The summed E-state index contributed by atoms with van der Waals surface area (Å²) in [5.74, 6) is -0.483. The standard InChI is InChI=1S/C21H20N2O4/c1-26-17-10-11-23(13-17)16-8-6-15(7-9-16)22-20(24)18-12-14-4-2-3-5-19(14)27-21(18)25/h2-9,12,17H,10-11,13H2,1H3,(H,22,24). The van der Waals surface area contributed by atoms with Crippen molar-refractivity contribution in [2.45, 2.75) is 12.5 Å². The van der Waals surface area contributed by atoms with Crippen LogP contribution >= 0.6 is 0 Å². The molecule has 138 valence electrons. The van der Waals surface area contributed by atoms with Crippen LogP contribution < -0.4 is 15.8 Å². The molecule has 1 atom stereocenters. The van der Waals surface area contributed by atoms with Crippen LogP contribution in [0.1, 0.15) is 16.8 Å². The highest BCUT2D eigenvalue weighted by Crippen LogP contribution is 2.23. The van der Waals surface area contributed by atoms with Crippen molar-refractivity contribution in [1.82, 2.24) is 0 Å². The van der Waals surface area contributed by atoms with E-state index in [9.17, 15) is 9.59 Å². The summed E-state index contributed by atoms with van der Waals surface area (Å²) in [5, 5.41) is 3.47. The first-order valence-electron chi connectivity index (χ1n) is 8.86. The fraction of sp³-hybridized carbons (Fsp3) is 0.238. The highest BCUT2D eigenvalue weighted by molar-refractivity contribution is 6.05. The normalized spacial score (nSPS) is 16.6. The van der Waals surface area contributed by atoms with E-state index in [1.165, 1.54) is 0 Å². The smallest absolute Gasteiger partial charge is 0.349 e. The predicted molar refractivity (Wildman–Crippen MR) is 105 cm³/mol. The van der Waals surface area contributed by atoms with Gasteiger partial charge in [0.25, 0.3) is 5.91 Å². The van der Waals surface area contributed by atoms with Gasteiger partial charge in [-0.25, -0.2) is 4.79 Å². The van der Waals surface area contributed by atoms with E-state index in [2.05, 4.69) is 10.2 Å². The molecule has 1 fully saturated rings. The van der Waals surface area contributed by atoms with Crippen molar-refractivity contribution in [3.63, 3.8) is 0 Å². The van der Waals surface area contributed by atoms with Gasteiger partial charge >= 0.3 is 5.63 Å². The van der Waals surface area contributed by atoms with Gasteiger partial charge in [-0.05, 0) is 42.8 Å². The molecule has 1 aromatic heterocycles. The zero-order valence-corrected chi connectivity index (χ0v) is 15.0. The van der Waals surface area contributed by atoms with Crippen LogP contribution in [0, 0.1) is 0 Å². The third-order valence-electron chi connectivity index (χ3n) is 4.85. The quantitative estimate of drug-likeness (QED) is 0.720. The molecule has 6 nitrogen and oxygen atoms in total. The van der Waals surface area contributed by atoms with Gasteiger partial charge in [0.1, 0.15) is 11.1 Å². The van der Waals surface area contributed by atoms with E-state index in [1.807, 2.05) is 30.3 Å². The van der Waals surface area contributed by atoms with Crippen LogP contribution in [-0.4, -0.2) is 32.2 Å². The molecule has 0 spiro atoms. The average Bonchev–Trinajstić information content (AvgIpc) is 3.17. The Balaban J connectivity index is 1.50. The Labute approximate surface area is 156 Å². The molecular formula is C21H20N2O4. The molecule has 3 aromatic rings. The van der Waals surface area contributed by atoms with Crippen LogP contribution in [0.3, 0.4) is 0 Å². The largest absolute Gasteiger partial charge is 0.422 e. The first-order valence-corrected chi connectivity index (χ1v) is 8.86. The number of amides is 1. The van der Waals surface area contributed by atoms with E-state index in [0.29, 0.717) is 16.7 Å². The molecule has 1 aliphatic rings. The topological polar surface area (TPSA) is 71.8 Å². The Bertz CT molecular complexity index is 1030. The monoisotopic (exact) mass is 364 g/mol. The second kappa shape index (κ2) is 7.25. The van der Waals surface area contributed by atoms with Crippen LogP contribution in [0.25, 0.3) is 11.0 Å². The van der Waals surface area contributed by atoms with Gasteiger partial charge in [-0.15, -0.1) is 0 Å². The maximum Gasteiger partial charge on any atom is 0.349 e. The molecule has 4 rings (SSSR count). The van der Waals surface area contributed by atoms with Crippen molar-refractivity contribution in [1.29, 1.82) is 0 Å². The molecule has 0 aliphatic carbocycles. The molecule has 0 bridgehead atoms. The van der Waals surface area contributed by atoms with Gasteiger partial charge in [-0.3, -0.25) is 4.79 Å². The van der Waals surface area contributed by atoms with Crippen molar-refractivity contribution < 1.29 is 13.9 Å². The summed E-state index contributed by atoms with van der Waals surface area (Å²) in [6, 6.07) is 16.2. The van der Waals surface area contributed by atoms with Crippen LogP contribution in [-0.2, 0) is 4.74 Å². The molecule has 2 heterocycles. The highest BCUT2D eigenvalue weighted by Gasteiger charge is 2.22. The minimum atomic E-state index is -0.648. The first kappa shape index (κ1) is 17.3. The molecule has 1 unspecified atom stereocenters. The Morgan fingerprint density at radius 3 is 2.70 bits per heavy atom. The van der Waals surface area contributed by atoms with E-state index >= 15 is 0 Å². The summed E-state index contributed by atoms with van der Waals surface area (Å²) in [4.78, 5) is 26.9. The number of hydrogen-bond donors (Lipinski definition) is 1. The van der Waals surface area contributed by atoms with Gasteiger partial charge in [-0.1, -0.05) is 18.2 Å². The molecule has 0 radical (unpaired) electrons. The third kappa shape index (κ3) is 3.57. The minimum absolute atomic E-state index is 0.0137. The summed E-state index contributed by atoms with van der Waals surface area (Å²) in [5.41, 5.74) is 1.51. The van der Waals surface area contributed by atoms with Crippen molar-refractivity contribution in [2.24, 2.45) is 0 Å². The van der Waals surface area contributed by atoms with Crippen molar-refractivity contribution >= 4 is 28.3 Å². The van der Waals surface area contributed by atoms with Gasteiger partial charge in [0.05, 0.1) is 6.10 Å². The molecule has 0 saturated carbocycles. The number of rotatable bonds is 4. The SMILES string of the molecule is COC1CCN(c2ccc(NC(=O)c3cc4ccccc4oc3=O)cc2)C1. The van der Waals surface area contributed by atoms with Gasteiger partial charge in [0, 0.05) is 37.0 Å². The van der Waals surface area contributed by atoms with Crippen LogP contribution in [0.4, 0.5) is 11.4 Å². The summed E-state index contributed by atoms with van der Waals surface area (Å²) in [6.07, 6.45) is 1.27. The van der Waals surface area contributed by atoms with E-state index in [4.69, 9.17) is 9.15 Å². The number of carbonyl (C=O) groups is 1. The predicted octanol–water partition coefficient (Wildman–Crippen LogP) is 3.27. The van der Waals surface area contributed by atoms with Crippen molar-refractivity contribution in [3.8, 4) is 0 Å². The zero-order chi connectivity index (χ0) is 18.8. The molecule has 1 aliphatic heterocycles.